The highest BCUT2D eigenvalue weighted by molar-refractivity contribution is 7.71. The number of fused-ring (bicyclic) bond motifs is 1. The van der Waals surface area contributed by atoms with Gasteiger partial charge in [-0.25, -0.2) is 4.79 Å². The molecule has 1 N–H and O–H groups in total. The average molecular weight is 336 g/mol. The van der Waals surface area contributed by atoms with Gasteiger partial charge in [0.1, 0.15) is 11.3 Å². The van der Waals surface area contributed by atoms with Gasteiger partial charge < -0.3 is 9.52 Å². The Morgan fingerprint density at radius 1 is 1.17 bits per heavy atom. The molecule has 0 atom stereocenters. The van der Waals surface area contributed by atoms with Crippen LogP contribution in [-0.2, 0) is 6.42 Å². The van der Waals surface area contributed by atoms with Crippen LogP contribution in [0.25, 0.3) is 23.1 Å². The number of carboxylic acids is 1. The molecule has 4 heteroatoms. The van der Waals surface area contributed by atoms with Crippen molar-refractivity contribution in [2.24, 2.45) is 0 Å². The predicted molar refractivity (Wildman–Crippen MR) is 98.8 cm³/mol. The minimum absolute atomic E-state index is 0.207. The van der Waals surface area contributed by atoms with Crippen molar-refractivity contribution in [1.82, 2.24) is 0 Å². The number of benzene rings is 2. The van der Waals surface area contributed by atoms with Crippen molar-refractivity contribution >= 4 is 41.3 Å². The molecule has 0 aliphatic carbocycles. The zero-order chi connectivity index (χ0) is 17.1. The largest absolute Gasteiger partial charge is 0.478 e. The van der Waals surface area contributed by atoms with E-state index in [2.05, 4.69) is 0 Å². The molecule has 0 unspecified atom stereocenters. The van der Waals surface area contributed by atoms with Gasteiger partial charge in [0.05, 0.1) is 10.1 Å². The number of carboxylic acid groups (broad SMARTS) is 1. The van der Waals surface area contributed by atoms with Gasteiger partial charge in [-0.1, -0.05) is 55.5 Å². The zero-order valence-electron chi connectivity index (χ0n) is 13.2. The Morgan fingerprint density at radius 2 is 1.92 bits per heavy atom. The summed E-state index contributed by atoms with van der Waals surface area (Å²) in [6, 6.07) is 14.7. The third kappa shape index (κ3) is 3.14. The van der Waals surface area contributed by atoms with Crippen LogP contribution in [0.3, 0.4) is 0 Å². The van der Waals surface area contributed by atoms with Crippen LogP contribution in [0.4, 0.5) is 0 Å². The highest BCUT2D eigenvalue weighted by Gasteiger charge is 2.11. The van der Waals surface area contributed by atoms with Gasteiger partial charge in [-0.05, 0) is 36.3 Å². The molecule has 0 aliphatic heterocycles. The van der Waals surface area contributed by atoms with E-state index in [-0.39, 0.29) is 5.56 Å². The molecule has 0 saturated carbocycles. The first-order chi connectivity index (χ1) is 11.6. The van der Waals surface area contributed by atoms with E-state index < -0.39 is 5.97 Å². The summed E-state index contributed by atoms with van der Waals surface area (Å²) in [6.45, 7) is 2.01. The molecule has 0 radical (unpaired) electrons. The smallest absolute Gasteiger partial charge is 0.335 e. The van der Waals surface area contributed by atoms with Crippen molar-refractivity contribution in [2.45, 2.75) is 13.3 Å². The minimum atomic E-state index is -0.975. The van der Waals surface area contributed by atoms with Gasteiger partial charge in [-0.3, -0.25) is 0 Å². The Labute approximate surface area is 144 Å². The minimum Gasteiger partial charge on any atom is -0.478 e. The molecule has 0 fully saturated rings. The lowest BCUT2D eigenvalue weighted by molar-refractivity contribution is 0.0697. The van der Waals surface area contributed by atoms with Crippen LogP contribution in [0.1, 0.15) is 34.2 Å². The lowest BCUT2D eigenvalue weighted by atomic mass is 10.1. The van der Waals surface area contributed by atoms with Crippen molar-refractivity contribution in [3.05, 3.63) is 75.5 Å². The number of aromatic carboxylic acids is 1. The Balaban J connectivity index is 2.15. The van der Waals surface area contributed by atoms with Crippen LogP contribution in [-0.4, -0.2) is 11.1 Å². The number of carbonyl (C=O) groups is 1. The number of hydrogen-bond acceptors (Lipinski definition) is 3. The molecule has 3 aromatic rings. The average Bonchev–Trinajstić information content (AvgIpc) is 2.60. The summed E-state index contributed by atoms with van der Waals surface area (Å²) in [6.07, 6.45) is 4.60. The van der Waals surface area contributed by atoms with Gasteiger partial charge in [-0.2, -0.15) is 0 Å². The van der Waals surface area contributed by atoms with Gasteiger partial charge in [0, 0.05) is 10.9 Å². The topological polar surface area (TPSA) is 50.4 Å². The van der Waals surface area contributed by atoms with Crippen LogP contribution in [0.15, 0.2) is 52.9 Å². The van der Waals surface area contributed by atoms with Crippen molar-refractivity contribution in [2.75, 3.05) is 0 Å². The molecule has 120 valence electrons. The fourth-order valence-corrected chi connectivity index (χ4v) is 2.99. The zero-order valence-corrected chi connectivity index (χ0v) is 14.0. The van der Waals surface area contributed by atoms with Crippen molar-refractivity contribution in [1.29, 1.82) is 0 Å². The molecule has 0 amide bonds. The first-order valence-corrected chi connectivity index (χ1v) is 8.07. The van der Waals surface area contributed by atoms with Gasteiger partial charge >= 0.3 is 5.97 Å². The lowest BCUT2D eigenvalue weighted by Crippen LogP contribution is -1.97. The molecule has 24 heavy (non-hydrogen) atoms. The second kappa shape index (κ2) is 6.81. The summed E-state index contributed by atoms with van der Waals surface area (Å²) in [4.78, 5) is 11.2. The monoisotopic (exact) mass is 336 g/mol. The van der Waals surface area contributed by atoms with E-state index in [9.17, 15) is 4.79 Å². The van der Waals surface area contributed by atoms with Crippen molar-refractivity contribution in [3.8, 4) is 0 Å². The molecule has 0 aliphatic rings. The summed E-state index contributed by atoms with van der Waals surface area (Å²) >= 11 is 5.57. The SMILES string of the molecule is CCc1c(/C=C/c2ccccc2)oc2ccc(C(=O)O)cc2c1=S. The summed E-state index contributed by atoms with van der Waals surface area (Å²) in [5, 5.41) is 9.82. The van der Waals surface area contributed by atoms with E-state index in [0.717, 1.165) is 11.1 Å². The quantitative estimate of drug-likeness (QED) is 0.631. The van der Waals surface area contributed by atoms with Crippen LogP contribution < -0.4 is 0 Å². The van der Waals surface area contributed by atoms with Gasteiger partial charge in [0.25, 0.3) is 0 Å². The Kier molecular flexibility index (Phi) is 4.58. The second-order valence-electron chi connectivity index (χ2n) is 5.39. The van der Waals surface area contributed by atoms with Crippen LogP contribution in [0.2, 0.25) is 0 Å². The molecular weight excluding hydrogens is 320 g/mol. The maximum atomic E-state index is 11.2. The normalized spacial score (nSPS) is 11.2. The molecule has 0 bridgehead atoms. The number of rotatable bonds is 4. The van der Waals surface area contributed by atoms with Crippen LogP contribution >= 0.6 is 12.2 Å². The summed E-state index contributed by atoms with van der Waals surface area (Å²) in [5.74, 6) is -0.265. The summed E-state index contributed by atoms with van der Waals surface area (Å²) < 4.78 is 6.62. The molecule has 1 heterocycles. The summed E-state index contributed by atoms with van der Waals surface area (Å²) in [5.41, 5.74) is 2.78. The van der Waals surface area contributed by atoms with E-state index in [1.165, 1.54) is 6.07 Å². The first-order valence-electron chi connectivity index (χ1n) is 7.66. The van der Waals surface area contributed by atoms with Crippen LogP contribution in [0.5, 0.6) is 0 Å². The molecule has 2 aromatic carbocycles. The van der Waals surface area contributed by atoms with E-state index in [0.29, 0.717) is 27.7 Å². The molecule has 3 rings (SSSR count). The highest BCUT2D eigenvalue weighted by Crippen LogP contribution is 2.26. The number of hydrogen-bond donors (Lipinski definition) is 1. The molecule has 0 saturated heterocycles. The van der Waals surface area contributed by atoms with E-state index in [4.69, 9.17) is 21.7 Å². The first kappa shape index (κ1) is 16.1. The standard InChI is InChI=1S/C20H16O3S/c1-2-15-17(10-8-13-6-4-3-5-7-13)23-18-11-9-14(20(21)22)12-16(18)19(15)24/h3-12H,2H2,1H3,(H,21,22)/b10-8+. The Hall–Kier alpha value is -2.72. The second-order valence-corrected chi connectivity index (χ2v) is 5.80. The predicted octanol–water partition coefficient (Wildman–Crippen LogP) is 5.59. The maximum Gasteiger partial charge on any atom is 0.335 e. The highest BCUT2D eigenvalue weighted by atomic mass is 32.1. The lowest BCUT2D eigenvalue weighted by Gasteiger charge is -2.08. The van der Waals surface area contributed by atoms with Crippen molar-refractivity contribution < 1.29 is 14.3 Å². The van der Waals surface area contributed by atoms with E-state index in [1.807, 2.05) is 49.4 Å². The Bertz CT molecular complexity index is 985. The fraction of sp³-hybridized carbons (Fsp3) is 0.100. The van der Waals surface area contributed by atoms with E-state index in [1.54, 1.807) is 12.1 Å². The van der Waals surface area contributed by atoms with Gasteiger partial charge in [0.2, 0.25) is 0 Å². The van der Waals surface area contributed by atoms with E-state index >= 15 is 0 Å². The molecule has 0 spiro atoms. The fourth-order valence-electron chi connectivity index (χ4n) is 2.59. The summed E-state index contributed by atoms with van der Waals surface area (Å²) in [7, 11) is 0. The van der Waals surface area contributed by atoms with Crippen molar-refractivity contribution in [3.63, 3.8) is 0 Å². The third-order valence-corrected chi connectivity index (χ3v) is 4.31. The maximum absolute atomic E-state index is 11.2. The molecule has 1 aromatic heterocycles. The van der Waals surface area contributed by atoms with Gasteiger partial charge in [0.15, 0.2) is 0 Å². The van der Waals surface area contributed by atoms with Crippen LogP contribution in [0, 0.1) is 4.51 Å². The Morgan fingerprint density at radius 3 is 2.58 bits per heavy atom. The molecular formula is C20H16O3S. The van der Waals surface area contributed by atoms with Gasteiger partial charge in [-0.15, -0.1) is 0 Å². The molecule has 3 nitrogen and oxygen atoms in total. The third-order valence-electron chi connectivity index (χ3n) is 3.84.